The number of rotatable bonds is 5. The van der Waals surface area contributed by atoms with Crippen molar-refractivity contribution >= 4 is 5.69 Å². The van der Waals surface area contributed by atoms with E-state index in [1.54, 1.807) is 0 Å². The van der Waals surface area contributed by atoms with Gasteiger partial charge in [0, 0.05) is 31.9 Å². The minimum Gasteiger partial charge on any atom is -0.377 e. The molecule has 3 heteroatoms. The van der Waals surface area contributed by atoms with Gasteiger partial charge in [0.2, 0.25) is 0 Å². The molecular formula is C18H30N2O. The lowest BCUT2D eigenvalue weighted by Crippen LogP contribution is -2.31. The van der Waals surface area contributed by atoms with Crippen molar-refractivity contribution in [3.8, 4) is 0 Å². The first kappa shape index (κ1) is 16.3. The van der Waals surface area contributed by atoms with Crippen LogP contribution in [0.5, 0.6) is 0 Å². The summed E-state index contributed by atoms with van der Waals surface area (Å²) < 4.78 is 5.77. The van der Waals surface area contributed by atoms with Gasteiger partial charge in [0.15, 0.2) is 0 Å². The van der Waals surface area contributed by atoms with Gasteiger partial charge in [-0.25, -0.2) is 0 Å². The van der Waals surface area contributed by atoms with Gasteiger partial charge in [-0.1, -0.05) is 31.5 Å². The normalized spacial score (nSPS) is 19.9. The van der Waals surface area contributed by atoms with Gasteiger partial charge in [-0.15, -0.1) is 0 Å². The van der Waals surface area contributed by atoms with E-state index < -0.39 is 0 Å². The van der Waals surface area contributed by atoms with Crippen LogP contribution in [0.2, 0.25) is 0 Å². The molecule has 21 heavy (non-hydrogen) atoms. The third kappa shape index (κ3) is 5.01. The minimum atomic E-state index is 0.310. The van der Waals surface area contributed by atoms with Gasteiger partial charge in [0.1, 0.15) is 0 Å². The molecule has 1 atom stereocenters. The van der Waals surface area contributed by atoms with Crippen LogP contribution in [0.15, 0.2) is 18.2 Å². The molecule has 0 radical (unpaired) electrons. The van der Waals surface area contributed by atoms with Gasteiger partial charge in [0.25, 0.3) is 0 Å². The van der Waals surface area contributed by atoms with Gasteiger partial charge in [-0.2, -0.15) is 0 Å². The summed E-state index contributed by atoms with van der Waals surface area (Å²) in [6.07, 6.45) is 1.42. The van der Waals surface area contributed by atoms with Crippen molar-refractivity contribution in [1.29, 1.82) is 0 Å². The first-order chi connectivity index (χ1) is 10.1. The van der Waals surface area contributed by atoms with Crippen molar-refractivity contribution in [3.05, 3.63) is 29.3 Å². The number of hydrogen-bond donors (Lipinski definition) is 1. The zero-order valence-corrected chi connectivity index (χ0v) is 14.0. The number of ether oxygens (including phenoxy) is 1. The topological polar surface area (TPSA) is 24.5 Å². The predicted molar refractivity (Wildman–Crippen MR) is 90.0 cm³/mol. The minimum absolute atomic E-state index is 0.310. The number of benzene rings is 1. The summed E-state index contributed by atoms with van der Waals surface area (Å²) in [5, 5.41) is 3.58. The molecule has 0 bridgehead atoms. The highest BCUT2D eigenvalue weighted by Crippen LogP contribution is 2.24. The van der Waals surface area contributed by atoms with Crippen LogP contribution in [0.4, 0.5) is 5.69 Å². The molecule has 1 N–H and O–H groups in total. The fourth-order valence-corrected chi connectivity index (χ4v) is 2.87. The van der Waals surface area contributed by atoms with Crippen molar-refractivity contribution in [1.82, 2.24) is 5.32 Å². The standard InChI is InChI=1S/C18H30N2O/c1-14(2)11-19-12-17-10-15(3)6-7-18(17)20-8-5-9-21-16(4)13-20/h6-7,10,14,16,19H,5,8-9,11-13H2,1-4H3. The number of nitrogens with zero attached hydrogens (tertiary/aromatic N) is 1. The lowest BCUT2D eigenvalue weighted by atomic mass is 10.1. The fourth-order valence-electron chi connectivity index (χ4n) is 2.87. The molecule has 0 spiro atoms. The maximum Gasteiger partial charge on any atom is 0.0721 e. The first-order valence-corrected chi connectivity index (χ1v) is 8.23. The van der Waals surface area contributed by atoms with Crippen LogP contribution in [-0.2, 0) is 11.3 Å². The monoisotopic (exact) mass is 290 g/mol. The van der Waals surface area contributed by atoms with E-state index in [0.717, 1.165) is 39.2 Å². The van der Waals surface area contributed by atoms with Crippen LogP contribution < -0.4 is 10.2 Å². The summed E-state index contributed by atoms with van der Waals surface area (Å²) in [4.78, 5) is 2.49. The Kier molecular flexibility index (Phi) is 6.07. The van der Waals surface area contributed by atoms with Crippen molar-refractivity contribution < 1.29 is 4.74 Å². The third-order valence-corrected chi connectivity index (χ3v) is 3.90. The Labute approximate surface area is 129 Å². The van der Waals surface area contributed by atoms with E-state index in [0.29, 0.717) is 12.0 Å². The van der Waals surface area contributed by atoms with Gasteiger partial charge < -0.3 is 15.0 Å². The molecule has 1 unspecified atom stereocenters. The molecule has 0 aliphatic carbocycles. The third-order valence-electron chi connectivity index (χ3n) is 3.90. The van der Waals surface area contributed by atoms with Gasteiger partial charge in [0.05, 0.1) is 6.10 Å². The summed E-state index contributed by atoms with van der Waals surface area (Å²) >= 11 is 0. The summed E-state index contributed by atoms with van der Waals surface area (Å²) in [5.41, 5.74) is 4.11. The Morgan fingerprint density at radius 1 is 1.38 bits per heavy atom. The number of anilines is 1. The molecular weight excluding hydrogens is 260 g/mol. The van der Waals surface area contributed by atoms with E-state index in [-0.39, 0.29) is 0 Å². The molecule has 118 valence electrons. The molecule has 1 saturated heterocycles. The van der Waals surface area contributed by atoms with Crippen LogP contribution in [0, 0.1) is 12.8 Å². The Morgan fingerprint density at radius 2 is 2.19 bits per heavy atom. The lowest BCUT2D eigenvalue weighted by Gasteiger charge is -2.27. The number of aryl methyl sites for hydroxylation is 1. The highest BCUT2D eigenvalue weighted by Gasteiger charge is 2.17. The molecule has 1 aromatic carbocycles. The molecule has 0 amide bonds. The molecule has 1 aliphatic rings. The SMILES string of the molecule is Cc1ccc(N2CCCOC(C)C2)c(CNCC(C)C)c1. The molecule has 2 rings (SSSR count). The van der Waals surface area contributed by atoms with Crippen molar-refractivity contribution in [2.75, 3.05) is 31.1 Å². The van der Waals surface area contributed by atoms with Crippen LogP contribution in [0.1, 0.15) is 38.3 Å². The van der Waals surface area contributed by atoms with Gasteiger partial charge in [-0.05, 0) is 44.4 Å². The quantitative estimate of drug-likeness (QED) is 0.900. The molecule has 1 fully saturated rings. The number of nitrogens with one attached hydrogen (secondary N) is 1. The average Bonchev–Trinajstić information content (AvgIpc) is 2.63. The van der Waals surface area contributed by atoms with Crippen molar-refractivity contribution in [3.63, 3.8) is 0 Å². The predicted octanol–water partition coefficient (Wildman–Crippen LogP) is 3.36. The van der Waals surface area contributed by atoms with Crippen LogP contribution in [0.3, 0.4) is 0 Å². The van der Waals surface area contributed by atoms with E-state index in [4.69, 9.17) is 4.74 Å². The molecule has 0 aromatic heterocycles. The number of hydrogen-bond acceptors (Lipinski definition) is 3. The van der Waals surface area contributed by atoms with Crippen LogP contribution >= 0.6 is 0 Å². The van der Waals surface area contributed by atoms with E-state index in [2.05, 4.69) is 56.1 Å². The van der Waals surface area contributed by atoms with Crippen LogP contribution in [0.25, 0.3) is 0 Å². The van der Waals surface area contributed by atoms with E-state index >= 15 is 0 Å². The molecule has 1 aliphatic heterocycles. The first-order valence-electron chi connectivity index (χ1n) is 8.23. The second-order valence-corrected chi connectivity index (χ2v) is 6.64. The fraction of sp³-hybridized carbons (Fsp3) is 0.667. The Hall–Kier alpha value is -1.06. The van der Waals surface area contributed by atoms with Gasteiger partial charge >= 0.3 is 0 Å². The molecule has 3 nitrogen and oxygen atoms in total. The molecule has 0 saturated carbocycles. The van der Waals surface area contributed by atoms with Crippen molar-refractivity contribution in [2.24, 2.45) is 5.92 Å². The highest BCUT2D eigenvalue weighted by atomic mass is 16.5. The zero-order chi connectivity index (χ0) is 15.2. The molecule has 1 aromatic rings. The van der Waals surface area contributed by atoms with E-state index in [1.165, 1.54) is 16.8 Å². The summed E-state index contributed by atoms with van der Waals surface area (Å²) in [5.74, 6) is 0.685. The Balaban J connectivity index is 2.13. The molecule has 1 heterocycles. The van der Waals surface area contributed by atoms with Gasteiger partial charge in [-0.3, -0.25) is 0 Å². The summed E-state index contributed by atoms with van der Waals surface area (Å²) in [7, 11) is 0. The van der Waals surface area contributed by atoms with E-state index in [1.807, 2.05) is 0 Å². The van der Waals surface area contributed by atoms with E-state index in [9.17, 15) is 0 Å². The Morgan fingerprint density at radius 3 is 2.95 bits per heavy atom. The summed E-state index contributed by atoms with van der Waals surface area (Å²) in [6, 6.07) is 6.82. The largest absolute Gasteiger partial charge is 0.377 e. The smallest absolute Gasteiger partial charge is 0.0721 e. The highest BCUT2D eigenvalue weighted by molar-refractivity contribution is 5.55. The second-order valence-electron chi connectivity index (χ2n) is 6.64. The zero-order valence-electron chi connectivity index (χ0n) is 14.0. The maximum absolute atomic E-state index is 5.77. The summed E-state index contributed by atoms with van der Waals surface area (Å²) in [6.45, 7) is 13.8. The maximum atomic E-state index is 5.77. The average molecular weight is 290 g/mol. The Bertz CT molecular complexity index is 445. The lowest BCUT2D eigenvalue weighted by molar-refractivity contribution is 0.0821. The van der Waals surface area contributed by atoms with Crippen molar-refractivity contribution in [2.45, 2.75) is 46.8 Å². The second kappa shape index (κ2) is 7.81. The van der Waals surface area contributed by atoms with Crippen LogP contribution in [-0.4, -0.2) is 32.3 Å².